The van der Waals surface area contributed by atoms with Gasteiger partial charge in [0, 0.05) is 30.9 Å². The molecular formula is C18H21ClO8. The Labute approximate surface area is 160 Å². The lowest BCUT2D eigenvalue weighted by molar-refractivity contribution is -0.121. The highest BCUT2D eigenvalue weighted by atomic mass is 35.5. The Bertz CT molecular complexity index is 760. The lowest BCUT2D eigenvalue weighted by Gasteiger charge is -2.20. The molecule has 1 aromatic rings. The molecule has 0 aromatic heterocycles. The summed E-state index contributed by atoms with van der Waals surface area (Å²) in [7, 11) is 0. The van der Waals surface area contributed by atoms with Crippen LogP contribution in [0.5, 0.6) is 11.5 Å². The van der Waals surface area contributed by atoms with Crippen LogP contribution in [0.2, 0.25) is 5.02 Å². The first-order valence-corrected chi connectivity index (χ1v) is 8.66. The van der Waals surface area contributed by atoms with Gasteiger partial charge in [0.1, 0.15) is 28.9 Å². The molecule has 27 heavy (non-hydrogen) atoms. The van der Waals surface area contributed by atoms with E-state index in [2.05, 4.69) is 0 Å². The van der Waals surface area contributed by atoms with Gasteiger partial charge in [0.25, 0.3) is 0 Å². The number of phenols is 2. The van der Waals surface area contributed by atoms with Crippen molar-refractivity contribution in [2.75, 3.05) is 0 Å². The van der Waals surface area contributed by atoms with Gasteiger partial charge >= 0.3 is 5.97 Å². The molecule has 5 N–H and O–H groups in total. The van der Waals surface area contributed by atoms with Crippen LogP contribution in [0.4, 0.5) is 0 Å². The first-order chi connectivity index (χ1) is 12.6. The number of cyclic esters (lactones) is 1. The van der Waals surface area contributed by atoms with Gasteiger partial charge in [-0.2, -0.15) is 0 Å². The largest absolute Gasteiger partial charge is 0.507 e. The molecule has 9 heteroatoms. The number of aliphatic hydroxyl groups excluding tert-OH is 3. The fraction of sp³-hybridized carbons (Fsp3) is 0.444. The number of Topliss-reactive ketones (excluding diaryl/α,β-unsaturated/α-hetero) is 1. The molecule has 148 valence electrons. The van der Waals surface area contributed by atoms with Gasteiger partial charge in [-0.3, -0.25) is 4.79 Å². The Kier molecular flexibility index (Phi) is 6.83. The molecule has 1 heterocycles. The third-order valence-corrected chi connectivity index (χ3v) is 4.56. The number of esters is 1. The SMILES string of the molecule is C[C@@H]1C[C@@H](O)C=C[C@H](O)[C@@H](O)CC(=O)Cc2c(Cl)c(O)cc(O)c2C(=O)O1. The summed E-state index contributed by atoms with van der Waals surface area (Å²) in [5.41, 5.74) is -0.527. The van der Waals surface area contributed by atoms with Crippen molar-refractivity contribution in [2.45, 2.75) is 50.6 Å². The van der Waals surface area contributed by atoms with Gasteiger partial charge in [-0.25, -0.2) is 4.79 Å². The van der Waals surface area contributed by atoms with Crippen molar-refractivity contribution in [1.82, 2.24) is 0 Å². The molecule has 0 radical (unpaired) electrons. The van der Waals surface area contributed by atoms with Crippen LogP contribution in [0.15, 0.2) is 18.2 Å². The predicted octanol–water partition coefficient (Wildman–Crippen LogP) is 0.841. The first kappa shape index (κ1) is 21.2. The molecule has 0 unspecified atom stereocenters. The molecule has 0 spiro atoms. The molecule has 0 saturated heterocycles. The molecule has 0 aliphatic carbocycles. The number of fused-ring (bicyclic) bond motifs is 1. The van der Waals surface area contributed by atoms with E-state index in [0.717, 1.165) is 12.1 Å². The number of hydrogen-bond acceptors (Lipinski definition) is 8. The number of halogens is 1. The summed E-state index contributed by atoms with van der Waals surface area (Å²) in [4.78, 5) is 24.7. The third-order valence-electron chi connectivity index (χ3n) is 4.14. The predicted molar refractivity (Wildman–Crippen MR) is 94.8 cm³/mol. The van der Waals surface area contributed by atoms with Gasteiger partial charge < -0.3 is 30.3 Å². The van der Waals surface area contributed by atoms with Gasteiger partial charge in [0.05, 0.1) is 23.3 Å². The van der Waals surface area contributed by atoms with Crippen LogP contribution in [0, 0.1) is 0 Å². The van der Waals surface area contributed by atoms with Crippen LogP contribution >= 0.6 is 11.6 Å². The molecule has 4 atom stereocenters. The second kappa shape index (κ2) is 8.71. The van der Waals surface area contributed by atoms with Gasteiger partial charge in [0.15, 0.2) is 0 Å². The summed E-state index contributed by atoms with van der Waals surface area (Å²) >= 11 is 6.01. The van der Waals surface area contributed by atoms with Crippen molar-refractivity contribution in [1.29, 1.82) is 0 Å². The Balaban J connectivity index is 2.49. The summed E-state index contributed by atoms with van der Waals surface area (Å²) in [5, 5.41) is 49.3. The van der Waals surface area contributed by atoms with Crippen LogP contribution in [0.3, 0.4) is 0 Å². The number of ketones is 1. The van der Waals surface area contributed by atoms with Crippen LogP contribution in [0.25, 0.3) is 0 Å². The molecule has 2 rings (SSSR count). The summed E-state index contributed by atoms with van der Waals surface area (Å²) in [6, 6.07) is 0.858. The van der Waals surface area contributed by atoms with Gasteiger partial charge in [0.2, 0.25) is 0 Å². The molecule has 0 amide bonds. The fourth-order valence-corrected chi connectivity index (χ4v) is 3.00. The third kappa shape index (κ3) is 5.20. The zero-order valence-corrected chi connectivity index (χ0v) is 15.3. The number of rotatable bonds is 0. The van der Waals surface area contributed by atoms with Crippen molar-refractivity contribution < 1.29 is 39.9 Å². The highest BCUT2D eigenvalue weighted by Crippen LogP contribution is 2.37. The highest BCUT2D eigenvalue weighted by molar-refractivity contribution is 6.33. The van der Waals surface area contributed by atoms with Gasteiger partial charge in [-0.1, -0.05) is 23.8 Å². The zero-order valence-electron chi connectivity index (χ0n) is 14.5. The monoisotopic (exact) mass is 400 g/mol. The van der Waals surface area contributed by atoms with E-state index in [1.54, 1.807) is 0 Å². The number of carbonyl (C=O) groups is 2. The van der Waals surface area contributed by atoms with E-state index in [9.17, 15) is 35.1 Å². The lowest BCUT2D eigenvalue weighted by Crippen LogP contribution is -2.29. The fourth-order valence-electron chi connectivity index (χ4n) is 2.78. The molecule has 1 aliphatic heterocycles. The van der Waals surface area contributed by atoms with E-state index in [-0.39, 0.29) is 22.6 Å². The standard InChI is InChI=1S/C18H21ClO8/c1-8-4-9(20)2-3-12(22)13(23)6-10(21)5-11-16(18(26)27-8)14(24)7-15(25)17(11)19/h2-3,7-9,12-13,20,22-25H,4-6H2,1H3/t8-,9+,12+,13+/m1/s1. The normalized spacial score (nSPS) is 27.6. The maximum Gasteiger partial charge on any atom is 0.342 e. The highest BCUT2D eigenvalue weighted by Gasteiger charge is 2.28. The van der Waals surface area contributed by atoms with E-state index in [1.165, 1.54) is 13.0 Å². The average molecular weight is 401 g/mol. The first-order valence-electron chi connectivity index (χ1n) is 8.28. The minimum atomic E-state index is -1.44. The quantitative estimate of drug-likeness (QED) is 0.318. The van der Waals surface area contributed by atoms with E-state index in [4.69, 9.17) is 16.3 Å². The minimum absolute atomic E-state index is 0.00804. The number of aromatic hydroxyl groups is 2. The van der Waals surface area contributed by atoms with Crippen LogP contribution < -0.4 is 0 Å². The maximum atomic E-state index is 12.5. The maximum absolute atomic E-state index is 12.5. The number of carbonyl (C=O) groups excluding carboxylic acids is 2. The summed E-state index contributed by atoms with van der Waals surface area (Å²) in [6.45, 7) is 1.51. The van der Waals surface area contributed by atoms with Gasteiger partial charge in [-0.05, 0) is 6.92 Å². The van der Waals surface area contributed by atoms with Crippen molar-refractivity contribution in [3.05, 3.63) is 34.4 Å². The zero-order chi connectivity index (χ0) is 20.3. The van der Waals surface area contributed by atoms with Crippen molar-refractivity contribution >= 4 is 23.4 Å². The second-order valence-corrected chi connectivity index (χ2v) is 6.84. The summed E-state index contributed by atoms with van der Waals surface area (Å²) < 4.78 is 5.19. The van der Waals surface area contributed by atoms with Crippen molar-refractivity contribution in [3.8, 4) is 11.5 Å². The Morgan fingerprint density at radius 1 is 1.11 bits per heavy atom. The van der Waals surface area contributed by atoms with E-state index in [0.29, 0.717) is 0 Å². The Morgan fingerprint density at radius 3 is 2.44 bits per heavy atom. The number of benzene rings is 1. The van der Waals surface area contributed by atoms with Gasteiger partial charge in [-0.15, -0.1) is 0 Å². The molecule has 0 bridgehead atoms. The topological polar surface area (TPSA) is 145 Å². The number of aliphatic hydroxyl groups is 3. The number of phenolic OH excluding ortho intramolecular Hbond substituents is 2. The molecule has 1 aliphatic rings. The molecule has 1 aromatic carbocycles. The number of ether oxygens (including phenoxy) is 1. The summed E-state index contributed by atoms with van der Waals surface area (Å²) in [6.07, 6.45) is -3.27. The average Bonchev–Trinajstić information content (AvgIpc) is 2.56. The van der Waals surface area contributed by atoms with Crippen molar-refractivity contribution in [3.63, 3.8) is 0 Å². The molecule has 0 fully saturated rings. The number of hydrogen-bond donors (Lipinski definition) is 5. The Morgan fingerprint density at radius 2 is 1.78 bits per heavy atom. The molecular weight excluding hydrogens is 380 g/mol. The molecule has 0 saturated carbocycles. The minimum Gasteiger partial charge on any atom is -0.507 e. The second-order valence-electron chi connectivity index (χ2n) is 6.46. The lowest BCUT2D eigenvalue weighted by atomic mass is 9.96. The van der Waals surface area contributed by atoms with E-state index in [1.807, 2.05) is 0 Å². The van der Waals surface area contributed by atoms with Crippen LogP contribution in [-0.4, -0.2) is 61.7 Å². The van der Waals surface area contributed by atoms with E-state index >= 15 is 0 Å². The smallest absolute Gasteiger partial charge is 0.342 e. The van der Waals surface area contributed by atoms with Crippen LogP contribution in [0.1, 0.15) is 35.7 Å². The summed E-state index contributed by atoms with van der Waals surface area (Å²) in [5.74, 6) is -2.72. The van der Waals surface area contributed by atoms with E-state index < -0.39 is 60.5 Å². The Hall–Kier alpha value is -2.13. The van der Waals surface area contributed by atoms with Crippen LogP contribution in [-0.2, 0) is 16.0 Å². The van der Waals surface area contributed by atoms with Crippen molar-refractivity contribution in [2.24, 2.45) is 0 Å². The molecule has 8 nitrogen and oxygen atoms in total.